The molecule has 0 aliphatic rings. The van der Waals surface area contributed by atoms with Gasteiger partial charge in [-0.25, -0.2) is 4.39 Å². The third kappa shape index (κ3) is 3.12. The summed E-state index contributed by atoms with van der Waals surface area (Å²) in [5.74, 6) is -0.273. The Labute approximate surface area is 136 Å². The van der Waals surface area contributed by atoms with Crippen molar-refractivity contribution in [2.24, 2.45) is 0 Å². The molecule has 0 spiro atoms. The summed E-state index contributed by atoms with van der Waals surface area (Å²) in [6.07, 6.45) is 0.589. The Balaban J connectivity index is 1.91. The number of hydrogen-bond donors (Lipinski definition) is 0. The van der Waals surface area contributed by atoms with E-state index in [0.29, 0.717) is 16.5 Å². The zero-order valence-corrected chi connectivity index (χ0v) is 13.5. The van der Waals surface area contributed by atoms with Gasteiger partial charge in [-0.3, -0.25) is 0 Å². The summed E-state index contributed by atoms with van der Waals surface area (Å²) < 4.78 is 14.7. The van der Waals surface area contributed by atoms with Gasteiger partial charge in [-0.2, -0.15) is 0 Å². The molecular weight excluding hydrogens is 351 g/mol. The highest BCUT2D eigenvalue weighted by atomic mass is 79.9. The fourth-order valence-electron chi connectivity index (χ4n) is 2.48. The topological polar surface area (TPSA) is 0 Å². The van der Waals surface area contributed by atoms with Crippen molar-refractivity contribution in [2.45, 2.75) is 11.8 Å². The molecule has 21 heavy (non-hydrogen) atoms. The van der Waals surface area contributed by atoms with E-state index >= 15 is 0 Å². The van der Waals surface area contributed by atoms with Crippen LogP contribution in [0.5, 0.6) is 0 Å². The number of halogens is 3. The lowest BCUT2D eigenvalue weighted by Crippen LogP contribution is -2.00. The second kappa shape index (κ2) is 6.17. The quantitative estimate of drug-likeness (QED) is 0.481. The molecule has 0 saturated carbocycles. The van der Waals surface area contributed by atoms with Crippen LogP contribution in [0, 0.1) is 5.82 Å². The Morgan fingerprint density at radius 3 is 2.48 bits per heavy atom. The maximum Gasteiger partial charge on any atom is 0.129 e. The maximum atomic E-state index is 13.9. The molecule has 0 saturated heterocycles. The van der Waals surface area contributed by atoms with Crippen LogP contribution >= 0.6 is 27.5 Å². The fourth-order valence-corrected chi connectivity index (χ4v) is 3.63. The third-order valence-electron chi connectivity index (χ3n) is 3.54. The van der Waals surface area contributed by atoms with Gasteiger partial charge in [0.2, 0.25) is 0 Å². The minimum atomic E-state index is -0.401. The van der Waals surface area contributed by atoms with Gasteiger partial charge in [-0.15, -0.1) is 11.6 Å². The first kappa shape index (κ1) is 14.6. The molecule has 0 amide bonds. The lowest BCUT2D eigenvalue weighted by molar-refractivity contribution is 0.604. The average molecular weight is 364 g/mol. The summed E-state index contributed by atoms with van der Waals surface area (Å²) in [4.78, 5) is 0. The van der Waals surface area contributed by atoms with Gasteiger partial charge in [0.25, 0.3) is 0 Å². The lowest BCUT2D eigenvalue weighted by atomic mass is 10.0. The lowest BCUT2D eigenvalue weighted by Gasteiger charge is -2.13. The first-order valence-electron chi connectivity index (χ1n) is 6.71. The summed E-state index contributed by atoms with van der Waals surface area (Å²) in [5.41, 5.74) is 1.62. The zero-order chi connectivity index (χ0) is 14.8. The molecule has 1 atom stereocenters. The van der Waals surface area contributed by atoms with Crippen LogP contribution < -0.4 is 0 Å². The maximum absolute atomic E-state index is 13.9. The molecule has 0 aromatic heterocycles. The molecule has 0 nitrogen and oxygen atoms in total. The van der Waals surface area contributed by atoms with E-state index in [4.69, 9.17) is 11.6 Å². The van der Waals surface area contributed by atoms with Crippen LogP contribution in [-0.4, -0.2) is 0 Å². The van der Waals surface area contributed by atoms with E-state index in [1.54, 1.807) is 6.07 Å². The van der Waals surface area contributed by atoms with Gasteiger partial charge in [0, 0.05) is 10.0 Å². The van der Waals surface area contributed by atoms with Gasteiger partial charge in [0.1, 0.15) is 5.82 Å². The van der Waals surface area contributed by atoms with Crippen LogP contribution in [-0.2, 0) is 6.42 Å². The molecule has 3 aromatic rings. The van der Waals surface area contributed by atoms with Gasteiger partial charge in [-0.1, -0.05) is 64.5 Å². The molecule has 1 unspecified atom stereocenters. The molecule has 106 valence electrons. The van der Waals surface area contributed by atoms with Crippen molar-refractivity contribution >= 4 is 38.3 Å². The SMILES string of the molecule is Fc1cccc(Br)c1C(Cl)Cc1ccc2ccccc2c1. The van der Waals surface area contributed by atoms with Crippen LogP contribution in [0.2, 0.25) is 0 Å². The molecule has 3 heteroatoms. The Kier molecular flexibility index (Phi) is 4.27. The molecule has 0 radical (unpaired) electrons. The highest BCUT2D eigenvalue weighted by Gasteiger charge is 2.17. The van der Waals surface area contributed by atoms with Crippen LogP contribution in [0.1, 0.15) is 16.5 Å². The third-order valence-corrected chi connectivity index (χ3v) is 4.61. The van der Waals surface area contributed by atoms with Crippen molar-refractivity contribution in [1.29, 1.82) is 0 Å². The summed E-state index contributed by atoms with van der Waals surface area (Å²) >= 11 is 9.81. The number of benzene rings is 3. The van der Waals surface area contributed by atoms with Crippen LogP contribution in [0.4, 0.5) is 4.39 Å². The van der Waals surface area contributed by atoms with Gasteiger partial charge in [0.05, 0.1) is 5.38 Å². The van der Waals surface area contributed by atoms with E-state index in [0.717, 1.165) is 5.56 Å². The van der Waals surface area contributed by atoms with Gasteiger partial charge in [0.15, 0.2) is 0 Å². The second-order valence-corrected chi connectivity index (χ2v) is 6.37. The van der Waals surface area contributed by atoms with Gasteiger partial charge >= 0.3 is 0 Å². The summed E-state index contributed by atoms with van der Waals surface area (Å²) in [6, 6.07) is 19.3. The van der Waals surface area contributed by atoms with Crippen LogP contribution in [0.15, 0.2) is 65.1 Å². The molecular formula is C18H13BrClF. The number of fused-ring (bicyclic) bond motifs is 1. The van der Waals surface area contributed by atoms with Crippen molar-refractivity contribution in [3.8, 4) is 0 Å². The molecule has 0 aliphatic carbocycles. The van der Waals surface area contributed by atoms with E-state index < -0.39 is 5.38 Å². The monoisotopic (exact) mass is 362 g/mol. The number of hydrogen-bond acceptors (Lipinski definition) is 0. The van der Waals surface area contributed by atoms with Crippen molar-refractivity contribution in [1.82, 2.24) is 0 Å². The molecule has 3 rings (SSSR count). The smallest absolute Gasteiger partial charge is 0.129 e. The summed E-state index contributed by atoms with van der Waals surface area (Å²) in [7, 11) is 0. The molecule has 0 aliphatic heterocycles. The molecule has 3 aromatic carbocycles. The summed E-state index contributed by atoms with van der Waals surface area (Å²) in [5, 5.41) is 1.97. The van der Waals surface area contributed by atoms with E-state index in [1.165, 1.54) is 16.8 Å². The van der Waals surface area contributed by atoms with E-state index in [1.807, 2.05) is 24.3 Å². The summed E-state index contributed by atoms with van der Waals surface area (Å²) in [6.45, 7) is 0. The second-order valence-electron chi connectivity index (χ2n) is 4.99. The normalized spacial score (nSPS) is 12.5. The Morgan fingerprint density at radius 2 is 1.71 bits per heavy atom. The highest BCUT2D eigenvalue weighted by Crippen LogP contribution is 2.33. The average Bonchev–Trinajstić information content (AvgIpc) is 2.47. The standard InChI is InChI=1S/C18H13BrClF/c19-15-6-3-7-17(21)18(15)16(20)11-12-8-9-13-4-1-2-5-14(13)10-12/h1-10,16H,11H2. The minimum Gasteiger partial charge on any atom is -0.207 e. The van der Waals surface area contributed by atoms with Crippen molar-refractivity contribution in [3.63, 3.8) is 0 Å². The number of alkyl halides is 1. The van der Waals surface area contributed by atoms with Gasteiger partial charge < -0.3 is 0 Å². The molecule has 0 N–H and O–H groups in total. The predicted octanol–water partition coefficient (Wildman–Crippen LogP) is 6.26. The Bertz CT molecular complexity index is 765. The van der Waals surface area contributed by atoms with Crippen LogP contribution in [0.3, 0.4) is 0 Å². The Morgan fingerprint density at radius 1 is 0.952 bits per heavy atom. The number of rotatable bonds is 3. The Hall–Kier alpha value is -1.38. The van der Waals surface area contributed by atoms with E-state index in [9.17, 15) is 4.39 Å². The van der Waals surface area contributed by atoms with Crippen molar-refractivity contribution < 1.29 is 4.39 Å². The first-order valence-corrected chi connectivity index (χ1v) is 7.94. The fraction of sp³-hybridized carbons (Fsp3) is 0.111. The van der Waals surface area contributed by atoms with E-state index in [-0.39, 0.29) is 5.82 Å². The van der Waals surface area contributed by atoms with Crippen molar-refractivity contribution in [3.05, 3.63) is 82.1 Å². The first-order chi connectivity index (χ1) is 10.1. The highest BCUT2D eigenvalue weighted by molar-refractivity contribution is 9.10. The molecule has 0 fully saturated rings. The van der Waals surface area contributed by atoms with E-state index in [2.05, 4.69) is 40.2 Å². The minimum absolute atomic E-state index is 0.273. The molecule has 0 heterocycles. The predicted molar refractivity (Wildman–Crippen MR) is 90.3 cm³/mol. The largest absolute Gasteiger partial charge is 0.207 e. The van der Waals surface area contributed by atoms with Crippen LogP contribution in [0.25, 0.3) is 10.8 Å². The van der Waals surface area contributed by atoms with Crippen molar-refractivity contribution in [2.75, 3.05) is 0 Å². The zero-order valence-electron chi connectivity index (χ0n) is 11.2. The molecule has 0 bridgehead atoms. The van der Waals surface area contributed by atoms with Gasteiger partial charge in [-0.05, 0) is 34.9 Å².